The van der Waals surface area contributed by atoms with Gasteiger partial charge in [0.15, 0.2) is 16.4 Å². The standard InChI is InChI=1S/C18H19N7O3S/c1-2-23-15(9-24-21-16(19-22-24)11-6-4-3-5-7-11)20-25(18(23)29)12-8-13(26)17-27-10-14(12)28-17/h3-7,12,14,17H,2,8-10H2,1H3/t12-,14-,17-/m1/s1. The number of carbonyl (C=O) groups is 1. The second kappa shape index (κ2) is 7.25. The van der Waals surface area contributed by atoms with E-state index in [0.717, 1.165) is 5.56 Å². The highest BCUT2D eigenvalue weighted by molar-refractivity contribution is 7.71. The zero-order chi connectivity index (χ0) is 20.0. The largest absolute Gasteiger partial charge is 0.343 e. The third-order valence-corrected chi connectivity index (χ3v) is 5.58. The fraction of sp³-hybridized carbons (Fsp3) is 0.444. The molecule has 0 aliphatic carbocycles. The molecule has 2 aliphatic rings. The Morgan fingerprint density at radius 3 is 2.86 bits per heavy atom. The molecule has 3 aromatic rings. The van der Waals surface area contributed by atoms with E-state index in [1.165, 1.54) is 4.80 Å². The fourth-order valence-electron chi connectivity index (χ4n) is 3.71. The maximum absolute atomic E-state index is 12.2. The van der Waals surface area contributed by atoms with E-state index in [2.05, 4.69) is 15.4 Å². The van der Waals surface area contributed by atoms with Gasteiger partial charge in [-0.1, -0.05) is 30.3 Å². The molecule has 2 aromatic heterocycles. The molecular formula is C18H19N7O3S. The van der Waals surface area contributed by atoms with E-state index in [0.29, 0.717) is 42.5 Å². The predicted molar refractivity (Wildman–Crippen MR) is 102 cm³/mol. The van der Waals surface area contributed by atoms with Crippen LogP contribution in [0.2, 0.25) is 0 Å². The van der Waals surface area contributed by atoms with Crippen LogP contribution >= 0.6 is 12.2 Å². The van der Waals surface area contributed by atoms with Gasteiger partial charge < -0.3 is 14.0 Å². The van der Waals surface area contributed by atoms with E-state index in [9.17, 15) is 4.79 Å². The SMILES string of the molecule is CCn1c(Cn2nnc(-c3ccccc3)n2)nn([C@@H]2CC(=O)[C@@H]3OC[C@H]2O3)c1=S. The zero-order valence-electron chi connectivity index (χ0n) is 15.7. The van der Waals surface area contributed by atoms with Gasteiger partial charge in [-0.25, -0.2) is 4.68 Å². The minimum atomic E-state index is -0.742. The van der Waals surface area contributed by atoms with Gasteiger partial charge in [0.1, 0.15) is 12.6 Å². The number of Topliss-reactive ketones (excluding diaryl/α,β-unsaturated/α-hetero) is 1. The number of nitrogens with zero attached hydrogens (tertiary/aromatic N) is 7. The lowest BCUT2D eigenvalue weighted by atomic mass is 10.0. The quantitative estimate of drug-likeness (QED) is 0.579. The summed E-state index contributed by atoms with van der Waals surface area (Å²) in [6.45, 7) is 3.31. The Balaban J connectivity index is 1.44. The first-order valence-corrected chi connectivity index (χ1v) is 9.86. The van der Waals surface area contributed by atoms with Crippen molar-refractivity contribution in [1.29, 1.82) is 0 Å². The Morgan fingerprint density at radius 2 is 2.07 bits per heavy atom. The van der Waals surface area contributed by atoms with Crippen molar-refractivity contribution >= 4 is 18.0 Å². The number of hydrogen-bond acceptors (Lipinski definition) is 8. The van der Waals surface area contributed by atoms with Crippen LogP contribution in [0.15, 0.2) is 30.3 Å². The summed E-state index contributed by atoms with van der Waals surface area (Å²) < 4.78 is 15.2. The van der Waals surface area contributed by atoms with Crippen molar-refractivity contribution in [2.75, 3.05) is 6.61 Å². The summed E-state index contributed by atoms with van der Waals surface area (Å²) in [5.74, 6) is 1.17. The van der Waals surface area contributed by atoms with E-state index in [-0.39, 0.29) is 17.9 Å². The van der Waals surface area contributed by atoms with Gasteiger partial charge in [-0.3, -0.25) is 4.79 Å². The number of aromatic nitrogens is 7. The molecule has 2 bridgehead atoms. The molecule has 1 aromatic carbocycles. The first kappa shape index (κ1) is 18.3. The number of carbonyl (C=O) groups excluding carboxylic acids is 1. The lowest BCUT2D eigenvalue weighted by Gasteiger charge is -2.26. The molecule has 2 fully saturated rings. The van der Waals surface area contributed by atoms with Crippen LogP contribution in [0.25, 0.3) is 11.4 Å². The van der Waals surface area contributed by atoms with E-state index in [4.69, 9.17) is 26.8 Å². The summed E-state index contributed by atoms with van der Waals surface area (Å²) in [6.07, 6.45) is -0.677. The number of rotatable bonds is 5. The molecule has 2 saturated heterocycles. The van der Waals surface area contributed by atoms with Crippen molar-refractivity contribution in [3.05, 3.63) is 40.9 Å². The van der Waals surface area contributed by atoms with Crippen molar-refractivity contribution < 1.29 is 14.3 Å². The van der Waals surface area contributed by atoms with Gasteiger partial charge in [0.2, 0.25) is 12.1 Å². The van der Waals surface area contributed by atoms with Gasteiger partial charge in [-0.05, 0) is 24.4 Å². The molecule has 0 radical (unpaired) electrons. The van der Waals surface area contributed by atoms with Gasteiger partial charge in [-0.2, -0.15) is 9.90 Å². The number of benzene rings is 1. The third kappa shape index (κ3) is 3.20. The lowest BCUT2D eigenvalue weighted by Crippen LogP contribution is -2.37. The molecule has 150 valence electrons. The number of hydrogen-bond donors (Lipinski definition) is 0. The zero-order valence-corrected chi connectivity index (χ0v) is 16.5. The summed E-state index contributed by atoms with van der Waals surface area (Å²) in [6, 6.07) is 9.38. The second-order valence-corrected chi connectivity index (χ2v) is 7.34. The van der Waals surface area contributed by atoms with Crippen LogP contribution in [0.4, 0.5) is 0 Å². The summed E-state index contributed by atoms with van der Waals surface area (Å²) >= 11 is 5.63. The second-order valence-electron chi connectivity index (χ2n) is 6.97. The highest BCUT2D eigenvalue weighted by atomic mass is 32.1. The summed E-state index contributed by atoms with van der Waals surface area (Å²) in [5, 5.41) is 17.4. The molecule has 0 amide bonds. The first-order valence-electron chi connectivity index (χ1n) is 9.45. The van der Waals surface area contributed by atoms with E-state index >= 15 is 0 Å². The molecule has 10 nitrogen and oxygen atoms in total. The number of ketones is 1. The number of ether oxygens (including phenoxy) is 2. The summed E-state index contributed by atoms with van der Waals surface area (Å²) in [7, 11) is 0. The molecule has 0 N–H and O–H groups in total. The van der Waals surface area contributed by atoms with Gasteiger partial charge in [0, 0.05) is 18.5 Å². The van der Waals surface area contributed by atoms with Gasteiger partial charge in [0.05, 0.1) is 12.6 Å². The molecule has 4 heterocycles. The van der Waals surface area contributed by atoms with Crippen molar-refractivity contribution in [3.8, 4) is 11.4 Å². The average molecular weight is 413 g/mol. The molecule has 5 rings (SSSR count). The molecule has 29 heavy (non-hydrogen) atoms. The van der Waals surface area contributed by atoms with Gasteiger partial charge in [0.25, 0.3) is 0 Å². The molecule has 0 saturated carbocycles. The van der Waals surface area contributed by atoms with Crippen molar-refractivity contribution in [2.24, 2.45) is 0 Å². The average Bonchev–Trinajstić information content (AvgIpc) is 3.45. The highest BCUT2D eigenvalue weighted by Crippen LogP contribution is 2.33. The molecular weight excluding hydrogens is 394 g/mol. The molecule has 2 aliphatic heterocycles. The maximum atomic E-state index is 12.2. The number of tetrazole rings is 1. The van der Waals surface area contributed by atoms with Crippen molar-refractivity contribution in [1.82, 2.24) is 34.6 Å². The first-order chi connectivity index (χ1) is 14.1. The lowest BCUT2D eigenvalue weighted by molar-refractivity contribution is -0.156. The fourth-order valence-corrected chi connectivity index (χ4v) is 4.12. The monoisotopic (exact) mass is 413 g/mol. The van der Waals surface area contributed by atoms with Crippen LogP contribution in [0.1, 0.15) is 25.2 Å². The maximum Gasteiger partial charge on any atom is 0.218 e. The molecule has 0 unspecified atom stereocenters. The van der Waals surface area contributed by atoms with Gasteiger partial charge >= 0.3 is 0 Å². The van der Waals surface area contributed by atoms with Gasteiger partial charge in [-0.15, -0.1) is 10.2 Å². The van der Waals surface area contributed by atoms with Crippen molar-refractivity contribution in [3.63, 3.8) is 0 Å². The Morgan fingerprint density at radius 1 is 1.24 bits per heavy atom. The smallest absolute Gasteiger partial charge is 0.218 e. The van der Waals surface area contributed by atoms with Crippen molar-refractivity contribution in [2.45, 2.75) is 44.9 Å². The molecule has 3 atom stereocenters. The van der Waals surface area contributed by atoms with Crippen LogP contribution in [0.3, 0.4) is 0 Å². The molecule has 11 heteroatoms. The third-order valence-electron chi connectivity index (χ3n) is 5.17. The summed E-state index contributed by atoms with van der Waals surface area (Å²) in [5.41, 5.74) is 0.894. The van der Waals surface area contributed by atoms with Crippen LogP contribution in [0.5, 0.6) is 0 Å². The van der Waals surface area contributed by atoms with Crippen LogP contribution < -0.4 is 0 Å². The van der Waals surface area contributed by atoms with E-state index in [1.54, 1.807) is 4.68 Å². The van der Waals surface area contributed by atoms with Crippen LogP contribution in [-0.4, -0.2) is 59.3 Å². The Kier molecular flexibility index (Phi) is 4.57. The Bertz CT molecular complexity index is 1110. The van der Waals surface area contributed by atoms with Crippen LogP contribution in [0, 0.1) is 4.77 Å². The summed E-state index contributed by atoms with van der Waals surface area (Å²) in [4.78, 5) is 13.7. The Hall–Kier alpha value is -2.76. The normalized spacial score (nSPS) is 23.6. The minimum absolute atomic E-state index is 0.0799. The highest BCUT2D eigenvalue weighted by Gasteiger charge is 2.45. The molecule has 0 spiro atoms. The number of fused-ring (bicyclic) bond motifs is 2. The van der Waals surface area contributed by atoms with Crippen LogP contribution in [-0.2, 0) is 27.4 Å². The van der Waals surface area contributed by atoms with E-state index < -0.39 is 6.29 Å². The topological polar surface area (TPSA) is 102 Å². The van der Waals surface area contributed by atoms with E-state index in [1.807, 2.05) is 41.8 Å². The Labute approximate surface area is 171 Å². The minimum Gasteiger partial charge on any atom is -0.343 e. The predicted octanol–water partition coefficient (Wildman–Crippen LogP) is 1.39.